The minimum atomic E-state index is -0.236. The molecule has 0 saturated carbocycles. The van der Waals surface area contributed by atoms with E-state index >= 15 is 0 Å². The van der Waals surface area contributed by atoms with Crippen LogP contribution in [0.25, 0.3) is 0 Å². The summed E-state index contributed by atoms with van der Waals surface area (Å²) in [5.74, 6) is -0.236. The normalized spacial score (nSPS) is 24.2. The third-order valence-corrected chi connectivity index (χ3v) is 4.86. The Hall–Kier alpha value is -1.43. The second kappa shape index (κ2) is 6.99. The largest absolute Gasteiger partial charge is 0.377 e. The predicted molar refractivity (Wildman–Crippen MR) is 92.2 cm³/mol. The van der Waals surface area contributed by atoms with Crippen molar-refractivity contribution in [1.82, 2.24) is 0 Å². The lowest BCUT2D eigenvalue weighted by atomic mass is 10.0. The fourth-order valence-electron chi connectivity index (χ4n) is 3.21. The van der Waals surface area contributed by atoms with E-state index in [1.165, 1.54) is 12.1 Å². The second-order valence-corrected chi connectivity index (χ2v) is 6.52. The molecule has 2 aromatic carbocycles. The number of methoxy groups -OCH3 is 2. The van der Waals surface area contributed by atoms with Crippen LogP contribution >= 0.6 is 15.9 Å². The van der Waals surface area contributed by atoms with E-state index in [9.17, 15) is 4.39 Å². The van der Waals surface area contributed by atoms with Crippen molar-refractivity contribution < 1.29 is 13.9 Å². The van der Waals surface area contributed by atoms with Crippen LogP contribution in [0.4, 0.5) is 10.1 Å². The number of halogens is 2. The zero-order valence-corrected chi connectivity index (χ0v) is 14.7. The van der Waals surface area contributed by atoms with Crippen molar-refractivity contribution in [3.8, 4) is 0 Å². The van der Waals surface area contributed by atoms with Crippen LogP contribution < -0.4 is 4.90 Å². The molecule has 122 valence electrons. The van der Waals surface area contributed by atoms with Gasteiger partial charge in [0.15, 0.2) is 0 Å². The van der Waals surface area contributed by atoms with E-state index in [0.29, 0.717) is 6.54 Å². The second-order valence-electron chi connectivity index (χ2n) is 5.60. The lowest BCUT2D eigenvalue weighted by Gasteiger charge is -2.29. The Morgan fingerprint density at radius 3 is 2.22 bits per heavy atom. The molecule has 1 aliphatic heterocycles. The van der Waals surface area contributed by atoms with E-state index in [4.69, 9.17) is 9.47 Å². The Morgan fingerprint density at radius 1 is 1.00 bits per heavy atom. The average Bonchev–Trinajstić information content (AvgIpc) is 2.95. The summed E-state index contributed by atoms with van der Waals surface area (Å²) in [7, 11) is 3.40. The lowest BCUT2D eigenvalue weighted by Crippen LogP contribution is -2.30. The van der Waals surface area contributed by atoms with Crippen molar-refractivity contribution in [3.63, 3.8) is 0 Å². The number of ether oxygens (including phenoxy) is 2. The highest BCUT2D eigenvalue weighted by molar-refractivity contribution is 9.10. The Labute approximate surface area is 144 Å². The first kappa shape index (κ1) is 16.4. The Morgan fingerprint density at radius 2 is 1.65 bits per heavy atom. The summed E-state index contributed by atoms with van der Waals surface area (Å²) in [5, 5.41) is 0. The molecule has 2 aromatic rings. The van der Waals surface area contributed by atoms with E-state index in [-0.39, 0.29) is 24.1 Å². The zero-order chi connectivity index (χ0) is 16.4. The third kappa shape index (κ3) is 3.27. The first-order valence-electron chi connectivity index (χ1n) is 7.47. The summed E-state index contributed by atoms with van der Waals surface area (Å²) in [6, 6.07) is 14.8. The molecule has 1 heterocycles. The average molecular weight is 380 g/mol. The van der Waals surface area contributed by atoms with Crippen LogP contribution in [0, 0.1) is 5.82 Å². The van der Waals surface area contributed by atoms with Gasteiger partial charge in [0, 0.05) is 30.9 Å². The molecular weight excluding hydrogens is 361 g/mol. The number of benzene rings is 2. The van der Waals surface area contributed by atoms with E-state index in [1.807, 2.05) is 12.1 Å². The number of anilines is 1. The molecule has 0 spiro atoms. The fraction of sp³-hybridized carbons (Fsp3) is 0.333. The molecule has 3 nitrogen and oxygen atoms in total. The van der Waals surface area contributed by atoms with E-state index < -0.39 is 0 Å². The predicted octanol–water partition coefficient (Wildman–Crippen LogP) is 4.18. The van der Waals surface area contributed by atoms with Crippen LogP contribution in [0.5, 0.6) is 0 Å². The van der Waals surface area contributed by atoms with Gasteiger partial charge in [0.1, 0.15) is 18.0 Å². The Bertz CT molecular complexity index is 647. The van der Waals surface area contributed by atoms with Crippen LogP contribution in [-0.2, 0) is 9.47 Å². The number of hydrogen-bond donors (Lipinski definition) is 0. The molecule has 3 atom stereocenters. The number of rotatable bonds is 4. The van der Waals surface area contributed by atoms with Gasteiger partial charge in [0.25, 0.3) is 0 Å². The Balaban J connectivity index is 2.01. The minimum absolute atomic E-state index is 0.0171. The maximum absolute atomic E-state index is 13.3. The molecule has 0 N–H and O–H groups in total. The molecule has 23 heavy (non-hydrogen) atoms. The van der Waals surface area contributed by atoms with E-state index in [2.05, 4.69) is 33.0 Å². The molecule has 0 bridgehead atoms. The maximum Gasteiger partial charge on any atom is 0.123 e. The topological polar surface area (TPSA) is 21.7 Å². The van der Waals surface area contributed by atoms with Crippen molar-refractivity contribution in [2.75, 3.05) is 25.7 Å². The van der Waals surface area contributed by atoms with Crippen LogP contribution in [0.3, 0.4) is 0 Å². The van der Waals surface area contributed by atoms with E-state index in [0.717, 1.165) is 15.7 Å². The highest BCUT2D eigenvalue weighted by Gasteiger charge is 2.43. The molecular formula is C18H19BrFNO2. The van der Waals surface area contributed by atoms with Gasteiger partial charge in [-0.05, 0) is 42.0 Å². The molecule has 0 aliphatic carbocycles. The minimum Gasteiger partial charge on any atom is -0.377 e. The summed E-state index contributed by atoms with van der Waals surface area (Å²) >= 11 is 3.47. The van der Waals surface area contributed by atoms with Gasteiger partial charge in [-0.3, -0.25) is 0 Å². The van der Waals surface area contributed by atoms with Crippen LogP contribution in [-0.4, -0.2) is 33.0 Å². The maximum atomic E-state index is 13.3. The lowest BCUT2D eigenvalue weighted by molar-refractivity contribution is -0.0178. The molecule has 3 rings (SSSR count). The van der Waals surface area contributed by atoms with Crippen LogP contribution in [0.2, 0.25) is 0 Å². The smallest absolute Gasteiger partial charge is 0.123 e. The molecule has 1 fully saturated rings. The fourth-order valence-corrected chi connectivity index (χ4v) is 3.47. The molecule has 0 amide bonds. The first-order chi connectivity index (χ1) is 11.1. The molecule has 5 heteroatoms. The van der Waals surface area contributed by atoms with Crippen molar-refractivity contribution in [2.45, 2.75) is 18.2 Å². The van der Waals surface area contributed by atoms with Crippen molar-refractivity contribution in [1.29, 1.82) is 0 Å². The highest BCUT2D eigenvalue weighted by Crippen LogP contribution is 2.39. The quantitative estimate of drug-likeness (QED) is 0.795. The van der Waals surface area contributed by atoms with Gasteiger partial charge in [-0.1, -0.05) is 28.1 Å². The monoisotopic (exact) mass is 379 g/mol. The van der Waals surface area contributed by atoms with Gasteiger partial charge in [0.2, 0.25) is 0 Å². The van der Waals surface area contributed by atoms with Crippen molar-refractivity contribution >= 4 is 21.6 Å². The molecule has 0 radical (unpaired) electrons. The Kier molecular flexibility index (Phi) is 4.99. The summed E-state index contributed by atoms with van der Waals surface area (Å²) in [5.41, 5.74) is 2.10. The van der Waals surface area contributed by atoms with Gasteiger partial charge >= 0.3 is 0 Å². The summed E-state index contributed by atoms with van der Waals surface area (Å²) in [6.07, 6.45) is -0.134. The third-order valence-electron chi connectivity index (χ3n) is 4.33. The molecule has 3 unspecified atom stereocenters. The molecule has 0 aromatic heterocycles. The zero-order valence-electron chi connectivity index (χ0n) is 13.1. The first-order valence-corrected chi connectivity index (χ1v) is 8.26. The van der Waals surface area contributed by atoms with Gasteiger partial charge in [-0.2, -0.15) is 0 Å². The standard InChI is InChI=1S/C18H19BrFNO2/c1-22-16-11-21(15-9-7-14(20)8-10-15)17(18(16)23-2)12-3-5-13(19)6-4-12/h3-10,16-18H,11H2,1-2H3. The van der Waals surface area contributed by atoms with E-state index in [1.54, 1.807) is 26.4 Å². The number of nitrogens with zero attached hydrogens (tertiary/aromatic N) is 1. The van der Waals surface area contributed by atoms with Crippen molar-refractivity contribution in [3.05, 3.63) is 64.4 Å². The van der Waals surface area contributed by atoms with Gasteiger partial charge in [-0.25, -0.2) is 4.39 Å². The highest BCUT2D eigenvalue weighted by atomic mass is 79.9. The molecule has 1 aliphatic rings. The van der Waals surface area contributed by atoms with Crippen LogP contribution in [0.15, 0.2) is 53.0 Å². The molecule has 1 saturated heterocycles. The van der Waals surface area contributed by atoms with Gasteiger partial charge in [0.05, 0.1) is 6.04 Å². The SMILES string of the molecule is COC1CN(c2ccc(F)cc2)C(c2ccc(Br)cc2)C1OC. The van der Waals surface area contributed by atoms with Gasteiger partial charge < -0.3 is 14.4 Å². The van der Waals surface area contributed by atoms with Crippen LogP contribution in [0.1, 0.15) is 11.6 Å². The summed E-state index contributed by atoms with van der Waals surface area (Å²) in [4.78, 5) is 2.21. The summed E-state index contributed by atoms with van der Waals surface area (Å²) < 4.78 is 25.6. The number of hydrogen-bond acceptors (Lipinski definition) is 3. The van der Waals surface area contributed by atoms with Crippen molar-refractivity contribution in [2.24, 2.45) is 0 Å². The van der Waals surface area contributed by atoms with Gasteiger partial charge in [-0.15, -0.1) is 0 Å². The summed E-state index contributed by atoms with van der Waals surface area (Å²) in [6.45, 7) is 0.696.